The van der Waals surface area contributed by atoms with Gasteiger partial charge in [0.1, 0.15) is 12.6 Å². The van der Waals surface area contributed by atoms with Gasteiger partial charge in [-0.3, -0.25) is 9.63 Å². The number of rotatable bonds is 3. The number of carbonyl (C=O) groups excluding carboxylic acids is 2. The molecule has 6 nitrogen and oxygen atoms in total. The van der Waals surface area contributed by atoms with Gasteiger partial charge in [-0.1, -0.05) is 30.3 Å². The smallest absolute Gasteiger partial charge is 0.345 e. The molecule has 0 saturated carbocycles. The van der Waals surface area contributed by atoms with Gasteiger partial charge in [-0.2, -0.15) is 5.06 Å². The first-order valence-electron chi connectivity index (χ1n) is 7.28. The van der Waals surface area contributed by atoms with Gasteiger partial charge < -0.3 is 10.2 Å². The molecule has 6 heteroatoms. The summed E-state index contributed by atoms with van der Waals surface area (Å²) < 4.78 is 0. The molecular weight excluding hydrogens is 270 g/mol. The SMILES string of the molecule is O=C1NC[C@@H]2C[C@@H]3CN(C(=O)N3OCc3ccccc3)[C@H]12. The quantitative estimate of drug-likeness (QED) is 0.892. The molecule has 110 valence electrons. The summed E-state index contributed by atoms with van der Waals surface area (Å²) in [6.07, 6.45) is 0.820. The summed E-state index contributed by atoms with van der Waals surface area (Å²) in [6.45, 7) is 1.62. The fourth-order valence-corrected chi connectivity index (χ4v) is 3.56. The highest BCUT2D eigenvalue weighted by Crippen LogP contribution is 2.36. The van der Waals surface area contributed by atoms with E-state index in [4.69, 9.17) is 4.84 Å². The molecule has 3 saturated heterocycles. The van der Waals surface area contributed by atoms with Crippen molar-refractivity contribution >= 4 is 11.9 Å². The van der Waals surface area contributed by atoms with Gasteiger partial charge in [-0.05, 0) is 12.0 Å². The van der Waals surface area contributed by atoms with Crippen LogP contribution in [0.25, 0.3) is 0 Å². The maximum Gasteiger partial charge on any atom is 0.345 e. The van der Waals surface area contributed by atoms with Gasteiger partial charge in [0.25, 0.3) is 0 Å². The van der Waals surface area contributed by atoms with Crippen LogP contribution in [0.5, 0.6) is 0 Å². The van der Waals surface area contributed by atoms with Crippen LogP contribution in [-0.2, 0) is 16.2 Å². The summed E-state index contributed by atoms with van der Waals surface area (Å²) in [4.78, 5) is 31.7. The molecule has 3 atom stereocenters. The van der Waals surface area contributed by atoms with Crippen molar-refractivity contribution in [2.45, 2.75) is 25.1 Å². The molecule has 0 unspecified atom stereocenters. The number of nitrogens with zero attached hydrogens (tertiary/aromatic N) is 2. The Bertz CT molecular complexity index is 577. The summed E-state index contributed by atoms with van der Waals surface area (Å²) in [5.74, 6) is 0.183. The normalized spacial score (nSPS) is 30.6. The molecule has 1 N–H and O–H groups in total. The highest BCUT2D eigenvalue weighted by molar-refractivity contribution is 5.90. The maximum atomic E-state index is 12.4. The molecule has 3 fully saturated rings. The van der Waals surface area contributed by atoms with Gasteiger partial charge in [0, 0.05) is 19.0 Å². The lowest BCUT2D eigenvalue weighted by atomic mass is 9.91. The predicted molar refractivity (Wildman–Crippen MR) is 73.9 cm³/mol. The standard InChI is InChI=1S/C15H17N3O3/c19-14-13-11(7-16-14)6-12-8-17(13)15(20)18(12)21-9-10-4-2-1-3-5-10/h1-5,11-13H,6-9H2,(H,16,19)/t11-,12+,13-/m0/s1. The lowest BCUT2D eigenvalue weighted by molar-refractivity contribution is -0.142. The number of piperidine rings is 1. The zero-order chi connectivity index (χ0) is 14.4. The highest BCUT2D eigenvalue weighted by Gasteiger charge is 2.54. The minimum absolute atomic E-state index is 0.0308. The number of hydroxylamine groups is 2. The van der Waals surface area contributed by atoms with E-state index in [1.807, 2.05) is 30.3 Å². The molecule has 0 radical (unpaired) electrons. The highest BCUT2D eigenvalue weighted by atomic mass is 16.7. The zero-order valence-electron chi connectivity index (χ0n) is 11.6. The van der Waals surface area contributed by atoms with Gasteiger partial charge in [-0.25, -0.2) is 4.79 Å². The first-order valence-corrected chi connectivity index (χ1v) is 7.28. The molecule has 3 amide bonds. The molecule has 0 aromatic heterocycles. The second kappa shape index (κ2) is 4.73. The van der Waals surface area contributed by atoms with Crippen LogP contribution in [0.3, 0.4) is 0 Å². The first kappa shape index (κ1) is 12.6. The number of urea groups is 1. The minimum Gasteiger partial charge on any atom is -0.354 e. The molecule has 1 aromatic rings. The maximum absolute atomic E-state index is 12.4. The molecule has 1 aromatic carbocycles. The van der Waals surface area contributed by atoms with Crippen molar-refractivity contribution in [3.8, 4) is 0 Å². The van der Waals surface area contributed by atoms with Gasteiger partial charge in [0.15, 0.2) is 0 Å². The first-order chi connectivity index (χ1) is 10.2. The van der Waals surface area contributed by atoms with Crippen LogP contribution < -0.4 is 5.32 Å². The molecule has 0 aliphatic carbocycles. The summed E-state index contributed by atoms with van der Waals surface area (Å²) in [7, 11) is 0. The molecule has 3 aliphatic rings. The number of fused-ring (bicyclic) bond motifs is 4. The fourth-order valence-electron chi connectivity index (χ4n) is 3.56. The second-order valence-electron chi connectivity index (χ2n) is 5.86. The third-order valence-electron chi connectivity index (χ3n) is 4.55. The van der Waals surface area contributed by atoms with Crippen LogP contribution in [-0.4, -0.2) is 47.1 Å². The second-order valence-corrected chi connectivity index (χ2v) is 5.86. The Hall–Kier alpha value is -2.08. The van der Waals surface area contributed by atoms with Crippen molar-refractivity contribution in [3.63, 3.8) is 0 Å². The fraction of sp³-hybridized carbons (Fsp3) is 0.467. The average molecular weight is 287 g/mol. The van der Waals surface area contributed by atoms with Crippen LogP contribution >= 0.6 is 0 Å². The summed E-state index contributed by atoms with van der Waals surface area (Å²) in [6, 6.07) is 9.34. The Labute approximate surface area is 122 Å². The van der Waals surface area contributed by atoms with E-state index in [0.29, 0.717) is 19.7 Å². The van der Waals surface area contributed by atoms with Gasteiger partial charge >= 0.3 is 6.03 Å². The Morgan fingerprint density at radius 3 is 2.86 bits per heavy atom. The van der Waals surface area contributed by atoms with E-state index in [2.05, 4.69) is 5.32 Å². The lowest BCUT2D eigenvalue weighted by Gasteiger charge is -2.30. The van der Waals surface area contributed by atoms with Crippen LogP contribution in [0.1, 0.15) is 12.0 Å². The van der Waals surface area contributed by atoms with E-state index in [0.717, 1.165) is 12.0 Å². The van der Waals surface area contributed by atoms with E-state index in [9.17, 15) is 9.59 Å². The van der Waals surface area contributed by atoms with Crippen molar-refractivity contribution in [3.05, 3.63) is 35.9 Å². The van der Waals surface area contributed by atoms with Crippen molar-refractivity contribution in [2.75, 3.05) is 13.1 Å². The van der Waals surface area contributed by atoms with E-state index >= 15 is 0 Å². The number of carbonyl (C=O) groups is 2. The third kappa shape index (κ3) is 1.98. The van der Waals surface area contributed by atoms with Gasteiger partial charge in [0.05, 0.1) is 6.04 Å². The van der Waals surface area contributed by atoms with Crippen LogP contribution in [0, 0.1) is 5.92 Å². The molecule has 3 heterocycles. The van der Waals surface area contributed by atoms with Crippen molar-refractivity contribution in [1.82, 2.24) is 15.3 Å². The van der Waals surface area contributed by atoms with Gasteiger partial charge in [0.2, 0.25) is 5.91 Å². The van der Waals surface area contributed by atoms with E-state index in [1.54, 1.807) is 4.90 Å². The Balaban J connectivity index is 1.48. The lowest BCUT2D eigenvalue weighted by Crippen LogP contribution is -2.47. The number of benzene rings is 1. The number of hydrogen-bond donors (Lipinski definition) is 1. The van der Waals surface area contributed by atoms with Crippen molar-refractivity contribution < 1.29 is 14.4 Å². The third-order valence-corrected chi connectivity index (χ3v) is 4.55. The summed E-state index contributed by atoms with van der Waals surface area (Å²) in [5.41, 5.74) is 1.03. The van der Waals surface area contributed by atoms with Crippen LogP contribution in [0.4, 0.5) is 4.79 Å². The Morgan fingerprint density at radius 2 is 2.05 bits per heavy atom. The topological polar surface area (TPSA) is 61.9 Å². The van der Waals surface area contributed by atoms with Crippen LogP contribution in [0.15, 0.2) is 30.3 Å². The Morgan fingerprint density at radius 1 is 1.24 bits per heavy atom. The largest absolute Gasteiger partial charge is 0.354 e. The predicted octanol–water partition coefficient (Wildman–Crippen LogP) is 0.743. The molecule has 3 aliphatic heterocycles. The molecule has 2 bridgehead atoms. The number of nitrogens with one attached hydrogen (secondary N) is 1. The average Bonchev–Trinajstić information content (AvgIpc) is 2.99. The van der Waals surface area contributed by atoms with E-state index < -0.39 is 0 Å². The number of amides is 3. The molecule has 21 heavy (non-hydrogen) atoms. The summed E-state index contributed by atoms with van der Waals surface area (Å²) in [5, 5.41) is 4.32. The van der Waals surface area contributed by atoms with Gasteiger partial charge in [-0.15, -0.1) is 0 Å². The van der Waals surface area contributed by atoms with Crippen LogP contribution in [0.2, 0.25) is 0 Å². The van der Waals surface area contributed by atoms with Crippen molar-refractivity contribution in [2.24, 2.45) is 5.92 Å². The zero-order valence-corrected chi connectivity index (χ0v) is 11.6. The molecule has 0 spiro atoms. The van der Waals surface area contributed by atoms with E-state index in [-0.39, 0.29) is 29.9 Å². The summed E-state index contributed by atoms with van der Waals surface area (Å²) >= 11 is 0. The Kier molecular flexibility index (Phi) is 2.85. The minimum atomic E-state index is -0.306. The monoisotopic (exact) mass is 287 g/mol. The van der Waals surface area contributed by atoms with Crippen molar-refractivity contribution in [1.29, 1.82) is 0 Å². The molecular formula is C15H17N3O3. The van der Waals surface area contributed by atoms with E-state index in [1.165, 1.54) is 5.06 Å². The number of hydrogen-bond acceptors (Lipinski definition) is 3. The molecule has 4 rings (SSSR count).